The zero-order chi connectivity index (χ0) is 10.7. The van der Waals surface area contributed by atoms with Crippen LogP contribution in [0.15, 0.2) is 48.5 Å². The Morgan fingerprint density at radius 1 is 0.933 bits per heavy atom. The summed E-state index contributed by atoms with van der Waals surface area (Å²) >= 11 is 0. The molecule has 0 aliphatic heterocycles. The van der Waals surface area contributed by atoms with Crippen molar-refractivity contribution in [3.05, 3.63) is 72.1 Å². The van der Waals surface area contributed by atoms with Gasteiger partial charge in [-0.25, -0.2) is 0 Å². The summed E-state index contributed by atoms with van der Waals surface area (Å²) in [5.41, 5.74) is 10.1. The lowest BCUT2D eigenvalue weighted by atomic mass is 10.0. The van der Waals surface area contributed by atoms with E-state index in [1.165, 1.54) is 11.1 Å². The van der Waals surface area contributed by atoms with Gasteiger partial charge in [-0.15, -0.1) is 0 Å². The van der Waals surface area contributed by atoms with E-state index in [-0.39, 0.29) is 0 Å². The van der Waals surface area contributed by atoms with Crippen molar-refractivity contribution in [1.29, 1.82) is 0 Å². The Kier molecular flexibility index (Phi) is 2.72. The molecule has 1 nitrogen and oxygen atoms in total. The molecule has 2 N–H and O–H groups in total. The molecular weight excluding hydrogens is 182 g/mol. The minimum atomic E-state index is 0.807. The van der Waals surface area contributed by atoms with Crippen molar-refractivity contribution in [3.8, 4) is 0 Å². The second kappa shape index (κ2) is 4.18. The lowest BCUT2D eigenvalue weighted by Crippen LogP contribution is -1.92. The van der Waals surface area contributed by atoms with Gasteiger partial charge in [0, 0.05) is 5.69 Å². The van der Waals surface area contributed by atoms with Gasteiger partial charge in [-0.05, 0) is 42.2 Å². The quantitative estimate of drug-likeness (QED) is 0.734. The van der Waals surface area contributed by atoms with E-state index in [2.05, 4.69) is 25.1 Å². The number of benzene rings is 2. The Bertz CT molecular complexity index is 443. The average molecular weight is 196 g/mol. The number of anilines is 1. The van der Waals surface area contributed by atoms with Gasteiger partial charge in [0.15, 0.2) is 0 Å². The van der Waals surface area contributed by atoms with Crippen molar-refractivity contribution in [2.45, 2.75) is 6.42 Å². The van der Waals surface area contributed by atoms with Gasteiger partial charge in [-0.3, -0.25) is 0 Å². The van der Waals surface area contributed by atoms with Crippen molar-refractivity contribution in [1.82, 2.24) is 0 Å². The number of hydrogen-bond acceptors (Lipinski definition) is 1. The maximum absolute atomic E-state index is 5.64. The monoisotopic (exact) mass is 196 g/mol. The molecule has 0 saturated heterocycles. The first-order valence-electron chi connectivity index (χ1n) is 5.00. The molecule has 0 bridgehead atoms. The van der Waals surface area contributed by atoms with Gasteiger partial charge in [-0.2, -0.15) is 0 Å². The second-order valence-corrected chi connectivity index (χ2v) is 3.69. The summed E-state index contributed by atoms with van der Waals surface area (Å²) in [4.78, 5) is 0. The fourth-order valence-corrected chi connectivity index (χ4v) is 1.59. The van der Waals surface area contributed by atoms with Crippen LogP contribution in [0.5, 0.6) is 0 Å². The van der Waals surface area contributed by atoms with Crippen LogP contribution in [0, 0.1) is 6.92 Å². The standard InChI is InChI=1S/C14H14N/c1-11-4-2-3-5-13(11)10-12-6-8-14(15)9-7-12/h2-9H,1,10,15H2. The molecule has 0 unspecified atom stereocenters. The van der Waals surface area contributed by atoms with Crippen molar-refractivity contribution >= 4 is 5.69 Å². The molecular formula is C14H14N. The fraction of sp³-hybridized carbons (Fsp3) is 0.0714. The lowest BCUT2D eigenvalue weighted by molar-refractivity contribution is 1.18. The van der Waals surface area contributed by atoms with Crippen LogP contribution < -0.4 is 5.73 Å². The van der Waals surface area contributed by atoms with Gasteiger partial charge in [0.05, 0.1) is 0 Å². The van der Waals surface area contributed by atoms with E-state index >= 15 is 0 Å². The van der Waals surface area contributed by atoms with E-state index in [0.717, 1.165) is 17.7 Å². The summed E-state index contributed by atoms with van der Waals surface area (Å²) in [7, 11) is 0. The van der Waals surface area contributed by atoms with Crippen LogP contribution in [0.2, 0.25) is 0 Å². The minimum absolute atomic E-state index is 0.807. The maximum Gasteiger partial charge on any atom is 0.0314 e. The van der Waals surface area contributed by atoms with Gasteiger partial charge in [-0.1, -0.05) is 36.4 Å². The predicted molar refractivity (Wildman–Crippen MR) is 64.6 cm³/mol. The lowest BCUT2D eigenvalue weighted by Gasteiger charge is -2.05. The zero-order valence-electron chi connectivity index (χ0n) is 8.61. The van der Waals surface area contributed by atoms with Crippen LogP contribution in [0.1, 0.15) is 16.7 Å². The molecule has 0 spiro atoms. The Morgan fingerprint density at radius 2 is 1.60 bits per heavy atom. The van der Waals surface area contributed by atoms with Crippen LogP contribution >= 0.6 is 0 Å². The Balaban J connectivity index is 2.22. The SMILES string of the molecule is [CH2]c1ccccc1Cc1ccc(N)cc1. The van der Waals surface area contributed by atoms with Crippen molar-refractivity contribution < 1.29 is 0 Å². The van der Waals surface area contributed by atoms with E-state index in [1.807, 2.05) is 30.3 Å². The number of rotatable bonds is 2. The first kappa shape index (κ1) is 9.78. The predicted octanol–water partition coefficient (Wildman–Crippen LogP) is 3.04. The van der Waals surface area contributed by atoms with Crippen molar-refractivity contribution in [3.63, 3.8) is 0 Å². The summed E-state index contributed by atoms with van der Waals surface area (Å²) in [6.45, 7) is 4.01. The average Bonchev–Trinajstić information content (AvgIpc) is 2.25. The molecule has 15 heavy (non-hydrogen) atoms. The highest BCUT2D eigenvalue weighted by molar-refractivity contribution is 5.41. The van der Waals surface area contributed by atoms with E-state index in [0.29, 0.717) is 0 Å². The Hall–Kier alpha value is -1.76. The van der Waals surface area contributed by atoms with E-state index in [4.69, 9.17) is 5.73 Å². The third kappa shape index (κ3) is 2.38. The number of nitrogen functional groups attached to an aromatic ring is 1. The molecule has 0 heterocycles. The van der Waals surface area contributed by atoms with Crippen LogP contribution in [0.3, 0.4) is 0 Å². The van der Waals surface area contributed by atoms with Crippen LogP contribution in [-0.2, 0) is 6.42 Å². The van der Waals surface area contributed by atoms with Crippen LogP contribution in [-0.4, -0.2) is 0 Å². The largest absolute Gasteiger partial charge is 0.399 e. The number of nitrogens with two attached hydrogens (primary N) is 1. The van der Waals surface area contributed by atoms with Gasteiger partial charge in [0.1, 0.15) is 0 Å². The topological polar surface area (TPSA) is 26.0 Å². The van der Waals surface area contributed by atoms with Gasteiger partial charge in [0.25, 0.3) is 0 Å². The fourth-order valence-electron chi connectivity index (χ4n) is 1.59. The minimum Gasteiger partial charge on any atom is -0.399 e. The summed E-state index contributed by atoms with van der Waals surface area (Å²) in [6.07, 6.45) is 0.917. The molecule has 0 aliphatic rings. The molecule has 1 radical (unpaired) electrons. The summed E-state index contributed by atoms with van der Waals surface area (Å²) in [6, 6.07) is 16.2. The van der Waals surface area contributed by atoms with Crippen LogP contribution in [0.4, 0.5) is 5.69 Å². The van der Waals surface area contributed by atoms with Gasteiger partial charge < -0.3 is 5.73 Å². The van der Waals surface area contributed by atoms with E-state index in [1.54, 1.807) is 0 Å². The first-order chi connectivity index (χ1) is 7.25. The third-order valence-corrected chi connectivity index (χ3v) is 2.49. The van der Waals surface area contributed by atoms with Crippen LogP contribution in [0.25, 0.3) is 0 Å². The highest BCUT2D eigenvalue weighted by Crippen LogP contribution is 2.14. The summed E-state index contributed by atoms with van der Waals surface area (Å²) < 4.78 is 0. The molecule has 2 aromatic rings. The molecule has 2 rings (SSSR count). The molecule has 0 saturated carbocycles. The van der Waals surface area contributed by atoms with E-state index in [9.17, 15) is 0 Å². The molecule has 75 valence electrons. The highest BCUT2D eigenvalue weighted by atomic mass is 14.5. The summed E-state index contributed by atoms with van der Waals surface area (Å²) in [5.74, 6) is 0. The molecule has 0 amide bonds. The van der Waals surface area contributed by atoms with Gasteiger partial charge >= 0.3 is 0 Å². The Labute approximate surface area is 90.6 Å². The third-order valence-electron chi connectivity index (χ3n) is 2.49. The molecule has 0 fully saturated rings. The first-order valence-corrected chi connectivity index (χ1v) is 5.00. The molecule has 0 aromatic heterocycles. The highest BCUT2D eigenvalue weighted by Gasteiger charge is 1.98. The van der Waals surface area contributed by atoms with Crippen molar-refractivity contribution in [2.75, 3.05) is 5.73 Å². The second-order valence-electron chi connectivity index (χ2n) is 3.69. The van der Waals surface area contributed by atoms with E-state index < -0.39 is 0 Å². The van der Waals surface area contributed by atoms with Gasteiger partial charge in [0.2, 0.25) is 0 Å². The normalized spacial score (nSPS) is 10.2. The molecule has 0 aliphatic carbocycles. The maximum atomic E-state index is 5.64. The van der Waals surface area contributed by atoms with Crippen molar-refractivity contribution in [2.24, 2.45) is 0 Å². The number of hydrogen-bond donors (Lipinski definition) is 1. The molecule has 2 aromatic carbocycles. The smallest absolute Gasteiger partial charge is 0.0314 e. The Morgan fingerprint density at radius 3 is 2.27 bits per heavy atom. The summed E-state index contributed by atoms with van der Waals surface area (Å²) in [5, 5.41) is 0. The zero-order valence-corrected chi connectivity index (χ0v) is 8.61. The molecule has 1 heteroatoms. The molecule has 0 atom stereocenters.